The molecule has 4 aliphatic rings. The fourth-order valence-electron chi connectivity index (χ4n) is 7.75. The maximum atomic E-state index is 11.5. The first kappa shape index (κ1) is 20.5. The lowest BCUT2D eigenvalue weighted by Crippen LogP contribution is -2.58. The highest BCUT2D eigenvalue weighted by molar-refractivity contribution is 5.75. The number of carbonyl (C=O) groups excluding carboxylic acids is 1. The van der Waals surface area contributed by atoms with E-state index in [0.717, 1.165) is 38.5 Å². The molecule has 2 fully saturated rings. The molecule has 4 nitrogen and oxygen atoms in total. The maximum absolute atomic E-state index is 11.5. The third-order valence-electron chi connectivity index (χ3n) is 9.36. The first-order valence-corrected chi connectivity index (χ1v) is 11.7. The van der Waals surface area contributed by atoms with Gasteiger partial charge >= 0.3 is 5.97 Å². The number of carbonyl (C=O) groups is 1. The molecule has 0 radical (unpaired) electrons. The number of nitrogens with zero attached hydrogens (tertiary/aromatic N) is 2. The van der Waals surface area contributed by atoms with Crippen LogP contribution in [0.4, 0.5) is 0 Å². The van der Waals surface area contributed by atoms with Crippen molar-refractivity contribution < 1.29 is 9.53 Å². The molecule has 0 spiro atoms. The van der Waals surface area contributed by atoms with Crippen molar-refractivity contribution in [2.24, 2.45) is 22.7 Å². The number of pyridine rings is 1. The van der Waals surface area contributed by atoms with Gasteiger partial charge in [0.05, 0.1) is 5.41 Å². The molecule has 31 heavy (non-hydrogen) atoms. The average molecular weight is 418 g/mol. The summed E-state index contributed by atoms with van der Waals surface area (Å²) in [6.07, 6.45) is 15.7. The molecule has 0 unspecified atom stereocenters. The molecule has 0 bridgehead atoms. The lowest BCUT2D eigenvalue weighted by molar-refractivity contribution is -0.148. The molecule has 5 rings (SSSR count). The molecule has 1 aromatic heterocycles. The molecule has 4 aliphatic carbocycles. The van der Waals surface area contributed by atoms with Crippen molar-refractivity contribution in [3.05, 3.63) is 52.7 Å². The minimum atomic E-state index is -0.265. The van der Waals surface area contributed by atoms with E-state index in [2.05, 4.69) is 37.0 Å². The summed E-state index contributed by atoms with van der Waals surface area (Å²) < 4.78 is 5.58. The lowest BCUT2D eigenvalue weighted by atomic mass is 9.44. The Morgan fingerprint density at radius 3 is 2.77 bits per heavy atom. The first-order chi connectivity index (χ1) is 14.8. The number of allylic oxidation sites excluding steroid dienone is 1. The van der Waals surface area contributed by atoms with Gasteiger partial charge in [-0.05, 0) is 67.6 Å². The van der Waals surface area contributed by atoms with Crippen molar-refractivity contribution in [2.75, 3.05) is 0 Å². The van der Waals surface area contributed by atoms with Crippen LogP contribution in [0.1, 0.15) is 71.3 Å². The van der Waals surface area contributed by atoms with E-state index >= 15 is 0 Å². The maximum Gasteiger partial charge on any atom is 0.302 e. The monoisotopic (exact) mass is 417 g/mol. The number of rotatable bonds is 2. The topological polar surface area (TPSA) is 43.5 Å². The fourth-order valence-corrected chi connectivity index (χ4v) is 7.75. The molecular weight excluding hydrogens is 384 g/mol. The van der Waals surface area contributed by atoms with E-state index in [1.165, 1.54) is 30.1 Å². The number of hydrogen-bond acceptors (Lipinski definition) is 3. The van der Waals surface area contributed by atoms with Gasteiger partial charge in [0.15, 0.2) is 0 Å². The van der Waals surface area contributed by atoms with Gasteiger partial charge in [-0.2, -0.15) is 0 Å². The molecule has 1 aromatic rings. The number of esters is 1. The van der Waals surface area contributed by atoms with Crippen LogP contribution in [0.3, 0.4) is 0 Å². The lowest BCUT2D eigenvalue weighted by Gasteiger charge is -2.56. The Balaban J connectivity index is 1.50. The van der Waals surface area contributed by atoms with Crippen molar-refractivity contribution in [1.82, 2.24) is 4.98 Å². The van der Waals surface area contributed by atoms with Crippen LogP contribution < -0.4 is 0 Å². The van der Waals surface area contributed by atoms with Crippen molar-refractivity contribution >= 4 is 11.5 Å². The summed E-state index contributed by atoms with van der Waals surface area (Å²) in [5, 5.41) is 0. The quantitative estimate of drug-likeness (QED) is 0.434. The smallest absolute Gasteiger partial charge is 0.302 e. The normalized spacial score (nSPS) is 41.0. The van der Waals surface area contributed by atoms with Crippen LogP contribution in [-0.2, 0) is 9.53 Å². The fraction of sp³-hybridized carbons (Fsp3) is 0.593. The number of hydrogen-bond donors (Lipinski definition) is 0. The molecule has 1 heterocycles. The molecule has 0 amide bonds. The second-order valence-electron chi connectivity index (χ2n) is 10.6. The predicted octanol–water partition coefficient (Wildman–Crippen LogP) is 6.05. The summed E-state index contributed by atoms with van der Waals surface area (Å²) in [5.74, 6) is 0.825. The van der Waals surface area contributed by atoms with E-state index in [1.54, 1.807) is 0 Å². The predicted molar refractivity (Wildman–Crippen MR) is 122 cm³/mol. The van der Waals surface area contributed by atoms with Gasteiger partial charge in [0.1, 0.15) is 6.10 Å². The van der Waals surface area contributed by atoms with Gasteiger partial charge in [-0.1, -0.05) is 35.6 Å². The second-order valence-corrected chi connectivity index (χ2v) is 10.6. The highest BCUT2D eigenvalue weighted by Gasteiger charge is 2.72. The van der Waals surface area contributed by atoms with E-state index in [1.807, 2.05) is 18.5 Å². The van der Waals surface area contributed by atoms with Crippen molar-refractivity contribution in [3.8, 4) is 6.57 Å². The number of fused-ring (bicyclic) bond motifs is 5. The Hall–Kier alpha value is -2.41. The van der Waals surface area contributed by atoms with E-state index < -0.39 is 0 Å². The SMILES string of the molecule is C#[N+][C@@]12CC=C(c3cccnc3)[C@@]1(C)CC[C@H]1[C@H]2CC=C2C[C@@H](OC(C)=O)CC[C@@]21C. The molecule has 0 aromatic carbocycles. The molecule has 162 valence electrons. The first-order valence-electron chi connectivity index (χ1n) is 11.7. The van der Waals surface area contributed by atoms with Crippen molar-refractivity contribution in [1.29, 1.82) is 0 Å². The third-order valence-corrected chi connectivity index (χ3v) is 9.36. The zero-order chi connectivity index (χ0) is 21.9. The Labute approximate surface area is 185 Å². The van der Waals surface area contributed by atoms with Gasteiger partial charge in [-0.25, -0.2) is 0 Å². The molecule has 6 atom stereocenters. The van der Waals surface area contributed by atoms with Gasteiger partial charge in [0, 0.05) is 38.1 Å². The zero-order valence-corrected chi connectivity index (χ0v) is 18.9. The van der Waals surface area contributed by atoms with Crippen LogP contribution >= 0.6 is 0 Å². The average Bonchev–Trinajstić information content (AvgIpc) is 3.07. The minimum Gasteiger partial charge on any atom is -0.462 e. The van der Waals surface area contributed by atoms with Crippen LogP contribution in [-0.4, -0.2) is 22.6 Å². The van der Waals surface area contributed by atoms with Crippen LogP contribution in [0.15, 0.2) is 42.3 Å². The van der Waals surface area contributed by atoms with Gasteiger partial charge in [-0.3, -0.25) is 9.78 Å². The summed E-state index contributed by atoms with van der Waals surface area (Å²) in [6.45, 7) is 12.6. The van der Waals surface area contributed by atoms with E-state index in [0.29, 0.717) is 11.8 Å². The Morgan fingerprint density at radius 1 is 1.23 bits per heavy atom. The molecule has 0 N–H and O–H groups in total. The van der Waals surface area contributed by atoms with Crippen LogP contribution in [0.2, 0.25) is 0 Å². The number of ether oxygens (including phenoxy) is 1. The van der Waals surface area contributed by atoms with Gasteiger partial charge in [-0.15, -0.1) is 0 Å². The molecule has 0 aliphatic heterocycles. The Bertz CT molecular complexity index is 1010. The molecule has 0 saturated heterocycles. The highest BCUT2D eigenvalue weighted by Crippen LogP contribution is 2.69. The third kappa shape index (κ3) is 2.78. The van der Waals surface area contributed by atoms with Crippen molar-refractivity contribution in [3.63, 3.8) is 0 Å². The van der Waals surface area contributed by atoms with Gasteiger partial charge in [0.2, 0.25) is 0 Å². The molecule has 2 saturated carbocycles. The van der Waals surface area contributed by atoms with Crippen LogP contribution in [0, 0.1) is 29.2 Å². The largest absolute Gasteiger partial charge is 0.462 e. The molecule has 4 heteroatoms. The highest BCUT2D eigenvalue weighted by atomic mass is 16.5. The zero-order valence-electron chi connectivity index (χ0n) is 18.9. The summed E-state index contributed by atoms with van der Waals surface area (Å²) in [5.41, 5.74) is 3.87. The van der Waals surface area contributed by atoms with E-state index in [9.17, 15) is 4.79 Å². The summed E-state index contributed by atoms with van der Waals surface area (Å²) in [4.78, 5) is 20.6. The van der Waals surface area contributed by atoms with Crippen molar-refractivity contribution in [2.45, 2.75) is 77.4 Å². The van der Waals surface area contributed by atoms with Gasteiger partial charge < -0.3 is 4.74 Å². The second kappa shape index (κ2) is 7.05. The summed E-state index contributed by atoms with van der Waals surface area (Å²) >= 11 is 0. The van der Waals surface area contributed by atoms with Crippen LogP contribution in [0.25, 0.3) is 10.4 Å². The standard InChI is InChI=1S/C27H33N2O2/c1-18(30)31-21-9-12-25(2)20(16-21)7-8-24-23(25)10-13-26(3)22(11-14-27(24,26)28-4)19-6-5-15-29-17-19/h4-7,11,15,17,21,23-24H,8-10,12-14,16H2,1-3H3/q+1/t21-,23-,24+,25-,26+,27+/m0/s1. The summed E-state index contributed by atoms with van der Waals surface area (Å²) in [6, 6.07) is 4.18. The minimum absolute atomic E-state index is 0.0284. The summed E-state index contributed by atoms with van der Waals surface area (Å²) in [7, 11) is 0. The van der Waals surface area contributed by atoms with Gasteiger partial charge in [0.25, 0.3) is 12.1 Å². The Morgan fingerprint density at radius 2 is 2.06 bits per heavy atom. The van der Waals surface area contributed by atoms with E-state index in [-0.39, 0.29) is 28.4 Å². The van der Waals surface area contributed by atoms with Crippen LogP contribution in [0.5, 0.6) is 0 Å². The van der Waals surface area contributed by atoms with E-state index in [4.69, 9.17) is 16.2 Å². The number of aromatic nitrogens is 1. The molecular formula is C27H33N2O2+. The Kier molecular flexibility index (Phi) is 4.66.